The van der Waals surface area contributed by atoms with Gasteiger partial charge in [-0.3, -0.25) is 9.78 Å². The minimum atomic E-state index is -0.548. The zero-order valence-corrected chi connectivity index (χ0v) is 15.0. The van der Waals surface area contributed by atoms with Gasteiger partial charge in [-0.15, -0.1) is 0 Å². The van der Waals surface area contributed by atoms with E-state index in [0.29, 0.717) is 36.1 Å². The molecule has 1 aromatic carbocycles. The molecule has 2 aromatic rings. The standard InChI is InChI=1S/C19H20FN3O3/c1-11-10-23(7-6-13(11)19(24)26-3)18-12(8-21)9-22-17-14(18)4-5-15(25-2)16(17)20/h4-5,9,11,13H,6-7,10H2,1-3H3/t11-,13+/m0/s1. The van der Waals surface area contributed by atoms with Crippen LogP contribution in [0.2, 0.25) is 0 Å². The largest absolute Gasteiger partial charge is 0.494 e. The van der Waals surface area contributed by atoms with Gasteiger partial charge in [-0.25, -0.2) is 4.39 Å². The number of carbonyl (C=O) groups excluding carboxylic acids is 1. The van der Waals surface area contributed by atoms with Gasteiger partial charge in [0.1, 0.15) is 11.6 Å². The number of hydrogen-bond donors (Lipinski definition) is 0. The van der Waals surface area contributed by atoms with Gasteiger partial charge in [0, 0.05) is 24.7 Å². The Bertz CT molecular complexity index is 894. The molecule has 0 unspecified atom stereocenters. The van der Waals surface area contributed by atoms with Crippen LogP contribution in [0.3, 0.4) is 0 Å². The summed E-state index contributed by atoms with van der Waals surface area (Å²) in [5, 5.41) is 10.1. The maximum absolute atomic E-state index is 14.6. The Hall–Kier alpha value is -2.88. The van der Waals surface area contributed by atoms with E-state index in [9.17, 15) is 14.4 Å². The second-order valence-electron chi connectivity index (χ2n) is 6.45. The number of esters is 1. The zero-order valence-electron chi connectivity index (χ0n) is 15.0. The smallest absolute Gasteiger partial charge is 0.309 e. The number of piperidine rings is 1. The average molecular weight is 357 g/mol. The van der Waals surface area contributed by atoms with Gasteiger partial charge >= 0.3 is 5.97 Å². The highest BCUT2D eigenvalue weighted by Crippen LogP contribution is 2.37. The minimum Gasteiger partial charge on any atom is -0.494 e. The summed E-state index contributed by atoms with van der Waals surface area (Å²) in [6, 6.07) is 5.40. The van der Waals surface area contributed by atoms with Crippen LogP contribution in [-0.4, -0.2) is 38.3 Å². The van der Waals surface area contributed by atoms with Crippen LogP contribution < -0.4 is 9.64 Å². The Kier molecular flexibility index (Phi) is 4.94. The van der Waals surface area contributed by atoms with Gasteiger partial charge in [0.2, 0.25) is 0 Å². The van der Waals surface area contributed by atoms with Gasteiger partial charge < -0.3 is 14.4 Å². The van der Waals surface area contributed by atoms with Crippen LogP contribution in [0.25, 0.3) is 10.9 Å². The van der Waals surface area contributed by atoms with Gasteiger partial charge in [0.15, 0.2) is 11.6 Å². The van der Waals surface area contributed by atoms with Gasteiger partial charge in [-0.2, -0.15) is 5.26 Å². The first kappa shape index (κ1) is 17.9. The molecule has 1 aliphatic heterocycles. The predicted molar refractivity (Wildman–Crippen MR) is 94.5 cm³/mol. The van der Waals surface area contributed by atoms with E-state index < -0.39 is 5.82 Å². The Morgan fingerprint density at radius 3 is 2.81 bits per heavy atom. The van der Waals surface area contributed by atoms with Crippen LogP contribution >= 0.6 is 0 Å². The summed E-state index contributed by atoms with van der Waals surface area (Å²) >= 11 is 0. The lowest BCUT2D eigenvalue weighted by molar-refractivity contribution is -0.147. The molecule has 0 bridgehead atoms. The highest BCUT2D eigenvalue weighted by atomic mass is 19.1. The fourth-order valence-electron chi connectivity index (χ4n) is 3.63. The number of pyridine rings is 1. The molecule has 0 saturated carbocycles. The van der Waals surface area contributed by atoms with Crippen LogP contribution in [0.5, 0.6) is 5.75 Å². The van der Waals surface area contributed by atoms with Crippen molar-refractivity contribution in [1.29, 1.82) is 5.26 Å². The number of carbonyl (C=O) groups is 1. The summed E-state index contributed by atoms with van der Waals surface area (Å²) in [5.74, 6) is -0.777. The lowest BCUT2D eigenvalue weighted by Gasteiger charge is -2.37. The topological polar surface area (TPSA) is 75.5 Å². The molecule has 26 heavy (non-hydrogen) atoms. The van der Waals surface area contributed by atoms with Crippen molar-refractivity contribution in [2.45, 2.75) is 13.3 Å². The Morgan fingerprint density at radius 1 is 1.42 bits per heavy atom. The fraction of sp³-hybridized carbons (Fsp3) is 0.421. The van der Waals surface area contributed by atoms with E-state index >= 15 is 0 Å². The average Bonchev–Trinajstić information content (AvgIpc) is 2.66. The predicted octanol–water partition coefficient (Wildman–Crippen LogP) is 2.89. The number of methoxy groups -OCH3 is 2. The lowest BCUT2D eigenvalue weighted by atomic mass is 9.86. The van der Waals surface area contributed by atoms with Crippen LogP contribution in [0.4, 0.5) is 10.1 Å². The first-order valence-electron chi connectivity index (χ1n) is 8.39. The maximum Gasteiger partial charge on any atom is 0.309 e. The van der Waals surface area contributed by atoms with Gasteiger partial charge in [-0.05, 0) is 24.5 Å². The second kappa shape index (κ2) is 7.16. The number of rotatable bonds is 3. The molecule has 0 aliphatic carbocycles. The summed E-state index contributed by atoms with van der Waals surface area (Å²) in [7, 11) is 2.79. The van der Waals surface area contributed by atoms with E-state index in [1.807, 2.05) is 11.8 Å². The Labute approximate surface area is 151 Å². The highest BCUT2D eigenvalue weighted by molar-refractivity contribution is 5.95. The highest BCUT2D eigenvalue weighted by Gasteiger charge is 2.33. The van der Waals surface area contributed by atoms with Gasteiger partial charge in [0.25, 0.3) is 0 Å². The molecule has 0 radical (unpaired) electrons. The van der Waals surface area contributed by atoms with E-state index in [0.717, 1.165) is 0 Å². The molecule has 2 atom stereocenters. The van der Waals surface area contributed by atoms with Crippen LogP contribution in [0.1, 0.15) is 18.9 Å². The summed E-state index contributed by atoms with van der Waals surface area (Å²) < 4.78 is 24.5. The monoisotopic (exact) mass is 357 g/mol. The first-order chi connectivity index (χ1) is 12.5. The number of hydrogen-bond acceptors (Lipinski definition) is 6. The third kappa shape index (κ3) is 2.92. The molecule has 1 aliphatic rings. The summed E-state index contributed by atoms with van der Waals surface area (Å²) in [5.41, 5.74) is 1.20. The number of benzene rings is 1. The summed E-state index contributed by atoms with van der Waals surface area (Å²) in [4.78, 5) is 18.0. The molecule has 0 spiro atoms. The molecule has 0 amide bonds. The van der Waals surface area contributed by atoms with Crippen LogP contribution in [0.15, 0.2) is 18.3 Å². The third-order valence-electron chi connectivity index (χ3n) is 4.98. The Morgan fingerprint density at radius 2 is 2.19 bits per heavy atom. The summed E-state index contributed by atoms with van der Waals surface area (Å²) in [6.45, 7) is 3.12. The summed E-state index contributed by atoms with van der Waals surface area (Å²) in [6.07, 6.45) is 2.00. The molecule has 1 saturated heterocycles. The third-order valence-corrected chi connectivity index (χ3v) is 4.98. The van der Waals surface area contributed by atoms with Crippen molar-refractivity contribution in [2.75, 3.05) is 32.2 Å². The van der Waals surface area contributed by atoms with E-state index in [1.165, 1.54) is 26.5 Å². The Balaban J connectivity index is 2.06. The van der Waals surface area contributed by atoms with Crippen molar-refractivity contribution in [1.82, 2.24) is 4.98 Å². The molecule has 136 valence electrons. The molecule has 7 heteroatoms. The van der Waals surface area contributed by atoms with Crippen molar-refractivity contribution < 1.29 is 18.7 Å². The van der Waals surface area contributed by atoms with Crippen LogP contribution in [0, 0.1) is 29.0 Å². The number of nitrogens with zero attached hydrogens (tertiary/aromatic N) is 3. The molecular formula is C19H20FN3O3. The van der Waals surface area contributed by atoms with Crippen molar-refractivity contribution in [2.24, 2.45) is 11.8 Å². The number of aromatic nitrogens is 1. The molecule has 2 heterocycles. The SMILES string of the molecule is COC(=O)[C@@H]1CCN(c2c(C#N)cnc3c(F)c(OC)ccc23)C[C@@H]1C. The van der Waals surface area contributed by atoms with E-state index in [2.05, 4.69) is 11.1 Å². The van der Waals surface area contributed by atoms with Gasteiger partial charge in [-0.1, -0.05) is 6.92 Å². The normalized spacial score (nSPS) is 19.9. The minimum absolute atomic E-state index is 0.0500. The molecule has 6 nitrogen and oxygen atoms in total. The molecule has 1 fully saturated rings. The molecular weight excluding hydrogens is 337 g/mol. The number of fused-ring (bicyclic) bond motifs is 1. The van der Waals surface area contributed by atoms with E-state index in [4.69, 9.17) is 9.47 Å². The molecule has 3 rings (SSSR count). The van der Waals surface area contributed by atoms with Crippen LogP contribution in [-0.2, 0) is 9.53 Å². The number of ether oxygens (including phenoxy) is 2. The zero-order chi connectivity index (χ0) is 18.8. The van der Waals surface area contributed by atoms with E-state index in [1.54, 1.807) is 6.07 Å². The lowest BCUT2D eigenvalue weighted by Crippen LogP contribution is -2.43. The van der Waals surface area contributed by atoms with Crippen molar-refractivity contribution in [3.63, 3.8) is 0 Å². The molecule has 1 aromatic heterocycles. The molecule has 0 N–H and O–H groups in total. The van der Waals surface area contributed by atoms with E-state index in [-0.39, 0.29) is 29.1 Å². The quantitative estimate of drug-likeness (QED) is 0.786. The van der Waals surface area contributed by atoms with Gasteiger partial charge in [0.05, 0.1) is 31.4 Å². The first-order valence-corrected chi connectivity index (χ1v) is 8.39. The van der Waals surface area contributed by atoms with Crippen molar-refractivity contribution >= 4 is 22.6 Å². The number of halogens is 1. The number of nitriles is 1. The second-order valence-corrected chi connectivity index (χ2v) is 6.45. The maximum atomic E-state index is 14.6. The van der Waals surface area contributed by atoms with Crippen molar-refractivity contribution in [3.05, 3.63) is 29.7 Å². The fourth-order valence-corrected chi connectivity index (χ4v) is 3.63. The number of anilines is 1. The van der Waals surface area contributed by atoms with Crippen molar-refractivity contribution in [3.8, 4) is 11.8 Å².